The molecule has 0 unspecified atom stereocenters. The SMILES string of the molecule is CC1CCN(c2cc(NC(=O)C3CCN(c4ccc(-c5ccc(Cl)cc5)nn4)CC3)ncn2)CC1. The third-order valence-corrected chi connectivity index (χ3v) is 7.24. The molecule has 2 aliphatic rings. The number of aromatic nitrogens is 4. The second-order valence-corrected chi connectivity index (χ2v) is 9.90. The molecule has 1 N–H and O–H groups in total. The van der Waals surface area contributed by atoms with Gasteiger partial charge in [-0.15, -0.1) is 10.2 Å². The number of anilines is 3. The van der Waals surface area contributed by atoms with Gasteiger partial charge in [-0.2, -0.15) is 0 Å². The van der Waals surface area contributed by atoms with Crippen LogP contribution in [-0.2, 0) is 4.79 Å². The fraction of sp³-hybridized carbons (Fsp3) is 0.423. The van der Waals surface area contributed by atoms with E-state index in [0.29, 0.717) is 10.8 Å². The van der Waals surface area contributed by atoms with Crippen LogP contribution in [0.1, 0.15) is 32.6 Å². The maximum absolute atomic E-state index is 12.9. The highest BCUT2D eigenvalue weighted by molar-refractivity contribution is 6.30. The summed E-state index contributed by atoms with van der Waals surface area (Å²) in [5, 5.41) is 12.5. The van der Waals surface area contributed by atoms with Gasteiger partial charge in [0, 0.05) is 48.7 Å². The zero-order valence-electron chi connectivity index (χ0n) is 19.9. The van der Waals surface area contributed by atoms with Gasteiger partial charge >= 0.3 is 0 Å². The van der Waals surface area contributed by atoms with Crippen LogP contribution in [0, 0.1) is 11.8 Å². The van der Waals surface area contributed by atoms with Gasteiger partial charge in [0.1, 0.15) is 18.0 Å². The Kier molecular flexibility index (Phi) is 7.08. The van der Waals surface area contributed by atoms with Crippen LogP contribution in [0.4, 0.5) is 17.5 Å². The lowest BCUT2D eigenvalue weighted by Gasteiger charge is -2.32. The number of nitrogens with one attached hydrogen (secondary N) is 1. The molecule has 0 spiro atoms. The van der Waals surface area contributed by atoms with Crippen LogP contribution >= 0.6 is 11.6 Å². The number of benzene rings is 1. The third kappa shape index (κ3) is 5.70. The number of nitrogens with zero attached hydrogens (tertiary/aromatic N) is 6. The minimum Gasteiger partial charge on any atom is -0.356 e. The highest BCUT2D eigenvalue weighted by atomic mass is 35.5. The fourth-order valence-electron chi connectivity index (χ4n) is 4.69. The van der Waals surface area contributed by atoms with Crippen LogP contribution in [-0.4, -0.2) is 52.3 Å². The molecule has 3 aromatic rings. The lowest BCUT2D eigenvalue weighted by molar-refractivity contribution is -0.120. The van der Waals surface area contributed by atoms with E-state index in [0.717, 1.165) is 67.8 Å². The molecule has 0 saturated carbocycles. The Bertz CT molecular complexity index is 1140. The van der Waals surface area contributed by atoms with Gasteiger partial charge in [0.05, 0.1) is 5.69 Å². The third-order valence-electron chi connectivity index (χ3n) is 6.99. The number of carbonyl (C=O) groups excluding carboxylic acids is 1. The molecule has 2 aromatic heterocycles. The Morgan fingerprint density at radius 3 is 2.26 bits per heavy atom. The topological polar surface area (TPSA) is 87.1 Å². The van der Waals surface area contributed by atoms with E-state index in [9.17, 15) is 4.79 Å². The van der Waals surface area contributed by atoms with Crippen molar-refractivity contribution >= 4 is 35.0 Å². The molecule has 182 valence electrons. The summed E-state index contributed by atoms with van der Waals surface area (Å²) in [4.78, 5) is 26.1. The van der Waals surface area contributed by atoms with E-state index in [1.807, 2.05) is 42.5 Å². The van der Waals surface area contributed by atoms with Crippen molar-refractivity contribution in [1.29, 1.82) is 0 Å². The molecule has 2 fully saturated rings. The van der Waals surface area contributed by atoms with Crippen LogP contribution in [0.5, 0.6) is 0 Å². The number of hydrogen-bond acceptors (Lipinski definition) is 7. The maximum atomic E-state index is 12.9. The van der Waals surface area contributed by atoms with Crippen molar-refractivity contribution in [2.45, 2.75) is 32.6 Å². The molecule has 0 radical (unpaired) electrons. The molecule has 4 heterocycles. The minimum absolute atomic E-state index is 0.0192. The predicted molar refractivity (Wildman–Crippen MR) is 139 cm³/mol. The first-order valence-corrected chi connectivity index (χ1v) is 12.7. The summed E-state index contributed by atoms with van der Waals surface area (Å²) in [6.07, 6.45) is 5.39. The Labute approximate surface area is 210 Å². The van der Waals surface area contributed by atoms with Gasteiger partial charge in [-0.1, -0.05) is 30.7 Å². The number of rotatable bonds is 5. The normalized spacial score (nSPS) is 17.4. The van der Waals surface area contributed by atoms with Gasteiger partial charge in [-0.25, -0.2) is 9.97 Å². The van der Waals surface area contributed by atoms with Crippen LogP contribution < -0.4 is 15.1 Å². The van der Waals surface area contributed by atoms with Crippen molar-refractivity contribution in [3.8, 4) is 11.3 Å². The summed E-state index contributed by atoms with van der Waals surface area (Å²) in [7, 11) is 0. The highest BCUT2D eigenvalue weighted by Crippen LogP contribution is 2.26. The maximum Gasteiger partial charge on any atom is 0.228 e. The molecule has 8 nitrogen and oxygen atoms in total. The average Bonchev–Trinajstić information content (AvgIpc) is 2.90. The molecular formula is C26H30ClN7O. The predicted octanol–water partition coefficient (Wildman–Crippen LogP) is 4.68. The van der Waals surface area contributed by atoms with Gasteiger partial charge in [-0.3, -0.25) is 4.79 Å². The zero-order valence-corrected chi connectivity index (χ0v) is 20.7. The zero-order chi connectivity index (χ0) is 24.2. The Hall–Kier alpha value is -3.26. The summed E-state index contributed by atoms with van der Waals surface area (Å²) < 4.78 is 0. The van der Waals surface area contributed by atoms with Crippen molar-refractivity contribution < 1.29 is 4.79 Å². The first kappa shape index (κ1) is 23.5. The van der Waals surface area contributed by atoms with E-state index in [-0.39, 0.29) is 11.8 Å². The Balaban J connectivity index is 1.14. The summed E-state index contributed by atoms with van der Waals surface area (Å²) in [6.45, 7) is 5.79. The van der Waals surface area contributed by atoms with Crippen molar-refractivity contribution in [2.24, 2.45) is 11.8 Å². The molecule has 1 aromatic carbocycles. The number of piperidine rings is 2. The van der Waals surface area contributed by atoms with E-state index in [1.165, 1.54) is 19.2 Å². The summed E-state index contributed by atoms with van der Waals surface area (Å²) in [6, 6.07) is 13.4. The molecule has 2 aliphatic heterocycles. The quantitative estimate of drug-likeness (QED) is 0.554. The van der Waals surface area contributed by atoms with E-state index in [1.54, 1.807) is 0 Å². The molecule has 9 heteroatoms. The molecule has 2 saturated heterocycles. The number of hydrogen-bond donors (Lipinski definition) is 1. The number of halogens is 1. The first-order chi connectivity index (χ1) is 17.0. The largest absolute Gasteiger partial charge is 0.356 e. The molecule has 1 amide bonds. The molecule has 35 heavy (non-hydrogen) atoms. The van der Waals surface area contributed by atoms with Crippen molar-refractivity contribution in [3.63, 3.8) is 0 Å². The van der Waals surface area contributed by atoms with Gasteiger partial charge in [-0.05, 0) is 55.9 Å². The van der Waals surface area contributed by atoms with Gasteiger partial charge in [0.25, 0.3) is 0 Å². The number of amides is 1. The molecule has 0 atom stereocenters. The van der Waals surface area contributed by atoms with Crippen molar-refractivity contribution in [3.05, 3.63) is 53.8 Å². The smallest absolute Gasteiger partial charge is 0.228 e. The van der Waals surface area contributed by atoms with E-state index in [4.69, 9.17) is 11.6 Å². The van der Waals surface area contributed by atoms with Crippen LogP contribution in [0.2, 0.25) is 5.02 Å². The minimum atomic E-state index is -0.0539. The second kappa shape index (κ2) is 10.6. The van der Waals surface area contributed by atoms with E-state index >= 15 is 0 Å². The summed E-state index contributed by atoms with van der Waals surface area (Å²) in [5.41, 5.74) is 1.79. The lowest BCUT2D eigenvalue weighted by Crippen LogP contribution is -2.38. The van der Waals surface area contributed by atoms with Gasteiger partial charge in [0.2, 0.25) is 5.91 Å². The molecule has 0 aliphatic carbocycles. The van der Waals surface area contributed by atoms with Gasteiger partial charge in [0.15, 0.2) is 5.82 Å². The molecule has 5 rings (SSSR count). The second-order valence-electron chi connectivity index (χ2n) is 9.47. The monoisotopic (exact) mass is 491 g/mol. The summed E-state index contributed by atoms with van der Waals surface area (Å²) in [5.74, 6) is 3.01. The van der Waals surface area contributed by atoms with E-state index < -0.39 is 0 Å². The van der Waals surface area contributed by atoms with Crippen LogP contribution in [0.3, 0.4) is 0 Å². The highest BCUT2D eigenvalue weighted by Gasteiger charge is 2.26. The standard InChI is InChI=1S/C26H30ClN7O/c1-18-8-12-34(13-9-18)25-16-23(28-17-29-25)30-26(35)20-10-14-33(15-11-20)24-7-6-22(31-32-24)19-2-4-21(27)5-3-19/h2-7,16-18,20H,8-15H2,1H3,(H,28,29,30,35). The fourth-order valence-corrected chi connectivity index (χ4v) is 4.82. The number of carbonyl (C=O) groups is 1. The van der Waals surface area contributed by atoms with E-state index in [2.05, 4.69) is 42.2 Å². The van der Waals surface area contributed by atoms with Crippen molar-refractivity contribution in [1.82, 2.24) is 20.2 Å². The van der Waals surface area contributed by atoms with Crippen LogP contribution in [0.25, 0.3) is 11.3 Å². The lowest BCUT2D eigenvalue weighted by atomic mass is 9.96. The molecular weight excluding hydrogens is 462 g/mol. The van der Waals surface area contributed by atoms with Crippen molar-refractivity contribution in [2.75, 3.05) is 41.3 Å². The van der Waals surface area contributed by atoms with Gasteiger partial charge < -0.3 is 15.1 Å². The first-order valence-electron chi connectivity index (χ1n) is 12.3. The Morgan fingerprint density at radius 1 is 0.886 bits per heavy atom. The average molecular weight is 492 g/mol. The summed E-state index contributed by atoms with van der Waals surface area (Å²) >= 11 is 5.97. The molecule has 0 bridgehead atoms. The Morgan fingerprint density at radius 2 is 1.57 bits per heavy atom. The van der Waals surface area contributed by atoms with Crippen LogP contribution in [0.15, 0.2) is 48.8 Å².